The van der Waals surface area contributed by atoms with Crippen LogP contribution in [0.2, 0.25) is 0 Å². The van der Waals surface area contributed by atoms with Crippen molar-refractivity contribution in [3.8, 4) is 0 Å². The number of esters is 1. The molecule has 1 rings (SSSR count). The van der Waals surface area contributed by atoms with Gasteiger partial charge in [0.1, 0.15) is 11.6 Å². The highest BCUT2D eigenvalue weighted by Crippen LogP contribution is 2.30. The predicted octanol–water partition coefficient (Wildman–Crippen LogP) is 3.76. The highest BCUT2D eigenvalue weighted by molar-refractivity contribution is 5.76. The molecule has 1 amide bonds. The van der Waals surface area contributed by atoms with E-state index in [9.17, 15) is 9.59 Å². The number of nitrogens with zero attached hydrogens (tertiary/aromatic N) is 1. The quantitative estimate of drug-likeness (QED) is 0.630. The maximum Gasteiger partial charge on any atom is 0.323 e. The second-order valence-electron chi connectivity index (χ2n) is 8.93. The van der Waals surface area contributed by atoms with E-state index < -0.39 is 5.60 Å². The van der Waals surface area contributed by atoms with E-state index in [4.69, 9.17) is 4.74 Å². The third kappa shape index (κ3) is 7.65. The lowest BCUT2D eigenvalue weighted by Crippen LogP contribution is -2.46. The van der Waals surface area contributed by atoms with Crippen molar-refractivity contribution in [1.29, 1.82) is 0 Å². The topological polar surface area (TPSA) is 58.6 Å². The molecule has 1 N–H and O–H groups in total. The summed E-state index contributed by atoms with van der Waals surface area (Å²) < 4.78 is 5.69. The van der Waals surface area contributed by atoms with Crippen LogP contribution < -0.4 is 5.32 Å². The van der Waals surface area contributed by atoms with Crippen molar-refractivity contribution >= 4 is 11.9 Å². The van der Waals surface area contributed by atoms with Crippen LogP contribution in [0.15, 0.2) is 0 Å². The van der Waals surface area contributed by atoms with Gasteiger partial charge < -0.3 is 10.1 Å². The molecule has 0 bridgehead atoms. The standard InChI is InChI=1S/C21H40N2O3/c1-8-10-17-12-19(20(25)26-21(5,6)7)23(13-17)14-18(11-9-2)15(3)22-16(4)24/h15,17-19H,8-14H2,1-7H3,(H,22,24)/t15?,17-,18?,19+/m0/s1. The van der Waals surface area contributed by atoms with Crippen molar-refractivity contribution < 1.29 is 14.3 Å². The Morgan fingerprint density at radius 2 is 1.88 bits per heavy atom. The number of nitrogens with one attached hydrogen (secondary N) is 1. The summed E-state index contributed by atoms with van der Waals surface area (Å²) >= 11 is 0. The van der Waals surface area contributed by atoms with Crippen LogP contribution in [0.5, 0.6) is 0 Å². The summed E-state index contributed by atoms with van der Waals surface area (Å²) in [5, 5.41) is 3.04. The van der Waals surface area contributed by atoms with Crippen molar-refractivity contribution in [2.24, 2.45) is 11.8 Å². The van der Waals surface area contributed by atoms with Crippen molar-refractivity contribution in [2.75, 3.05) is 13.1 Å². The molecule has 0 aliphatic carbocycles. The van der Waals surface area contributed by atoms with Gasteiger partial charge in [-0.1, -0.05) is 26.7 Å². The van der Waals surface area contributed by atoms with Gasteiger partial charge in [0.05, 0.1) is 0 Å². The lowest BCUT2D eigenvalue weighted by molar-refractivity contribution is -0.160. The SMILES string of the molecule is CCCC(CN1C[C@@H](CCC)C[C@@H]1C(=O)OC(C)(C)C)C(C)NC(C)=O. The van der Waals surface area contributed by atoms with Crippen molar-refractivity contribution in [3.63, 3.8) is 0 Å². The summed E-state index contributed by atoms with van der Waals surface area (Å²) in [6.45, 7) is 15.6. The average molecular weight is 369 g/mol. The summed E-state index contributed by atoms with van der Waals surface area (Å²) in [6, 6.07) is -0.0494. The van der Waals surface area contributed by atoms with E-state index in [0.29, 0.717) is 11.8 Å². The Morgan fingerprint density at radius 3 is 2.38 bits per heavy atom. The molecule has 0 aromatic rings. The van der Waals surface area contributed by atoms with Gasteiger partial charge in [-0.2, -0.15) is 0 Å². The predicted molar refractivity (Wildman–Crippen MR) is 106 cm³/mol. The van der Waals surface area contributed by atoms with E-state index in [1.807, 2.05) is 20.8 Å². The molecule has 0 spiro atoms. The molecule has 0 radical (unpaired) electrons. The zero-order valence-electron chi connectivity index (χ0n) is 17.9. The van der Waals surface area contributed by atoms with Crippen LogP contribution in [0.25, 0.3) is 0 Å². The first-order valence-corrected chi connectivity index (χ1v) is 10.3. The number of carbonyl (C=O) groups excluding carboxylic acids is 2. The number of amides is 1. The van der Waals surface area contributed by atoms with E-state index in [0.717, 1.165) is 45.2 Å². The number of ether oxygens (including phenoxy) is 1. The van der Waals surface area contributed by atoms with E-state index in [-0.39, 0.29) is 24.0 Å². The van der Waals surface area contributed by atoms with Crippen LogP contribution in [0.1, 0.15) is 80.6 Å². The third-order valence-electron chi connectivity index (χ3n) is 5.13. The molecule has 4 atom stereocenters. The fourth-order valence-electron chi connectivity index (χ4n) is 4.04. The minimum absolute atomic E-state index is 0.00702. The summed E-state index contributed by atoms with van der Waals surface area (Å²) in [4.78, 5) is 26.6. The summed E-state index contributed by atoms with van der Waals surface area (Å²) in [7, 11) is 0. The average Bonchev–Trinajstić information content (AvgIpc) is 2.87. The fourth-order valence-corrected chi connectivity index (χ4v) is 4.04. The van der Waals surface area contributed by atoms with Crippen molar-refractivity contribution in [3.05, 3.63) is 0 Å². The Labute approximate surface area is 160 Å². The van der Waals surface area contributed by atoms with Crippen molar-refractivity contribution in [1.82, 2.24) is 10.2 Å². The van der Waals surface area contributed by atoms with E-state index >= 15 is 0 Å². The van der Waals surface area contributed by atoms with Gasteiger partial charge in [-0.25, -0.2) is 0 Å². The first kappa shape index (κ1) is 22.9. The molecule has 26 heavy (non-hydrogen) atoms. The van der Waals surface area contributed by atoms with Crippen molar-refractivity contribution in [2.45, 2.75) is 98.3 Å². The lowest BCUT2D eigenvalue weighted by atomic mass is 9.95. The molecule has 2 unspecified atom stereocenters. The van der Waals surface area contributed by atoms with Crippen LogP contribution in [0.3, 0.4) is 0 Å². The zero-order valence-corrected chi connectivity index (χ0v) is 17.9. The Morgan fingerprint density at radius 1 is 1.23 bits per heavy atom. The monoisotopic (exact) mass is 368 g/mol. The number of hydrogen-bond acceptors (Lipinski definition) is 4. The largest absolute Gasteiger partial charge is 0.459 e. The molecule has 0 aromatic carbocycles. The molecule has 152 valence electrons. The maximum atomic E-state index is 12.8. The molecule has 5 heteroatoms. The third-order valence-corrected chi connectivity index (χ3v) is 5.13. The van der Waals surface area contributed by atoms with Gasteiger partial charge in [0, 0.05) is 26.1 Å². The van der Waals surface area contributed by atoms with E-state index in [1.54, 1.807) is 6.92 Å². The molecule has 0 saturated carbocycles. The molecule has 1 saturated heterocycles. The van der Waals surface area contributed by atoms with Gasteiger partial charge in [-0.3, -0.25) is 14.5 Å². The van der Waals surface area contributed by atoms with Crippen LogP contribution in [0.4, 0.5) is 0 Å². The second-order valence-corrected chi connectivity index (χ2v) is 8.93. The van der Waals surface area contributed by atoms with E-state index in [2.05, 4.69) is 31.0 Å². The first-order valence-electron chi connectivity index (χ1n) is 10.3. The maximum absolute atomic E-state index is 12.8. The van der Waals surface area contributed by atoms with Crippen LogP contribution in [0, 0.1) is 11.8 Å². The van der Waals surface area contributed by atoms with Crippen LogP contribution in [-0.2, 0) is 14.3 Å². The molecule has 1 heterocycles. The number of carbonyl (C=O) groups is 2. The Hall–Kier alpha value is -1.10. The number of rotatable bonds is 9. The molecule has 0 aromatic heterocycles. The fraction of sp³-hybridized carbons (Fsp3) is 0.905. The number of likely N-dealkylation sites (tertiary alicyclic amines) is 1. The summed E-state index contributed by atoms with van der Waals surface area (Å²) in [5.74, 6) is 0.802. The minimum Gasteiger partial charge on any atom is -0.459 e. The van der Waals surface area contributed by atoms with Gasteiger partial charge in [0.25, 0.3) is 0 Å². The summed E-state index contributed by atoms with van der Waals surface area (Å²) in [5.41, 5.74) is -0.460. The lowest BCUT2D eigenvalue weighted by Gasteiger charge is -2.32. The van der Waals surface area contributed by atoms with Crippen LogP contribution >= 0.6 is 0 Å². The van der Waals surface area contributed by atoms with E-state index in [1.165, 1.54) is 0 Å². The summed E-state index contributed by atoms with van der Waals surface area (Å²) in [6.07, 6.45) is 5.28. The molecule has 5 nitrogen and oxygen atoms in total. The molecular weight excluding hydrogens is 328 g/mol. The molecule has 1 aliphatic rings. The highest BCUT2D eigenvalue weighted by Gasteiger charge is 2.40. The van der Waals surface area contributed by atoms with Gasteiger partial charge in [0.15, 0.2) is 0 Å². The second kappa shape index (κ2) is 10.3. The first-order chi connectivity index (χ1) is 12.1. The van der Waals surface area contributed by atoms with Gasteiger partial charge in [-0.05, 0) is 58.8 Å². The van der Waals surface area contributed by atoms with Crippen LogP contribution in [-0.4, -0.2) is 47.6 Å². The zero-order chi connectivity index (χ0) is 19.9. The van der Waals surface area contributed by atoms with Gasteiger partial charge >= 0.3 is 5.97 Å². The normalized spacial score (nSPS) is 23.5. The highest BCUT2D eigenvalue weighted by atomic mass is 16.6. The van der Waals surface area contributed by atoms with Gasteiger partial charge in [0.2, 0.25) is 5.91 Å². The Kier molecular flexibility index (Phi) is 9.08. The Balaban J connectivity index is 2.87. The number of hydrogen-bond donors (Lipinski definition) is 1. The smallest absolute Gasteiger partial charge is 0.323 e. The Bertz CT molecular complexity index is 459. The minimum atomic E-state index is -0.460. The molecule has 1 aliphatic heterocycles. The molecular formula is C21H40N2O3. The molecule has 1 fully saturated rings. The van der Waals surface area contributed by atoms with Gasteiger partial charge in [-0.15, -0.1) is 0 Å².